The van der Waals surface area contributed by atoms with E-state index in [4.69, 9.17) is 5.11 Å². The van der Waals surface area contributed by atoms with Crippen molar-refractivity contribution in [3.63, 3.8) is 0 Å². The average molecular weight is 690 g/mol. The van der Waals surface area contributed by atoms with Gasteiger partial charge in [0.1, 0.15) is 11.6 Å². The van der Waals surface area contributed by atoms with E-state index in [1.165, 1.54) is 16.0 Å². The van der Waals surface area contributed by atoms with Crippen LogP contribution in [0.25, 0.3) is 0 Å². The first-order valence-electron chi connectivity index (χ1n) is 15.4. The summed E-state index contributed by atoms with van der Waals surface area (Å²) < 4.78 is 23.2. The van der Waals surface area contributed by atoms with E-state index in [9.17, 15) is 23.1 Å². The van der Waals surface area contributed by atoms with Gasteiger partial charge in [0.25, 0.3) is 0 Å². The molecule has 4 amide bonds. The number of nitrogens with zero attached hydrogens (tertiary/aromatic N) is 8. The third-order valence-electron chi connectivity index (χ3n) is 8.25. The summed E-state index contributed by atoms with van der Waals surface area (Å²) in [6.45, 7) is 5.95. The predicted molar refractivity (Wildman–Crippen MR) is 186 cm³/mol. The quantitative estimate of drug-likeness (QED) is 0.242. The number of aromatic nitrogens is 4. The van der Waals surface area contributed by atoms with Gasteiger partial charge in [-0.15, -0.1) is 0 Å². The molecule has 16 heteroatoms. The van der Waals surface area contributed by atoms with E-state index in [2.05, 4.69) is 25.3 Å². The van der Waals surface area contributed by atoms with Gasteiger partial charge in [-0.2, -0.15) is 4.98 Å². The number of hydrogen-bond acceptors (Lipinski definition) is 11. The lowest BCUT2D eigenvalue weighted by Gasteiger charge is -2.34. The molecule has 15 nitrogen and oxygen atoms in total. The van der Waals surface area contributed by atoms with Gasteiger partial charge in [-0.25, -0.2) is 33.0 Å². The van der Waals surface area contributed by atoms with Crippen molar-refractivity contribution in [2.75, 3.05) is 51.9 Å². The second-order valence-electron chi connectivity index (χ2n) is 11.9. The molecule has 2 aromatic heterocycles. The van der Waals surface area contributed by atoms with Crippen molar-refractivity contribution < 1.29 is 28.2 Å². The van der Waals surface area contributed by atoms with Crippen LogP contribution in [0.1, 0.15) is 29.2 Å². The number of aliphatic hydroxyl groups excluding tert-OH is 2. The number of carbonyl (C=O) groups excluding carboxylic acids is 2. The Balaban J connectivity index is 0.000000192. The highest BCUT2D eigenvalue weighted by Gasteiger charge is 2.33. The summed E-state index contributed by atoms with van der Waals surface area (Å²) in [5, 5.41) is 21.4. The minimum atomic E-state index is -3.52. The van der Waals surface area contributed by atoms with Gasteiger partial charge in [0, 0.05) is 55.2 Å². The Labute approximate surface area is 284 Å². The molecule has 2 aromatic carbocycles. The van der Waals surface area contributed by atoms with Gasteiger partial charge in [-0.05, 0) is 44.0 Å². The molecule has 2 atom stereocenters. The maximum absolute atomic E-state index is 12.8. The van der Waals surface area contributed by atoms with Crippen LogP contribution in [0, 0.1) is 13.8 Å². The number of urea groups is 2. The zero-order valence-corrected chi connectivity index (χ0v) is 28.9. The number of aliphatic hydroxyl groups is 2. The van der Waals surface area contributed by atoms with E-state index in [0.29, 0.717) is 36.2 Å². The number of fused-ring (bicyclic) bond motifs is 2. The molecule has 0 radical (unpaired) electrons. The summed E-state index contributed by atoms with van der Waals surface area (Å²) >= 11 is 0. The lowest BCUT2D eigenvalue weighted by atomic mass is 10.1. The van der Waals surface area contributed by atoms with Crippen molar-refractivity contribution in [1.82, 2.24) is 19.9 Å². The van der Waals surface area contributed by atoms with E-state index in [-0.39, 0.29) is 23.8 Å². The van der Waals surface area contributed by atoms with Crippen LogP contribution in [0.2, 0.25) is 0 Å². The molecule has 0 unspecified atom stereocenters. The van der Waals surface area contributed by atoms with E-state index < -0.39 is 22.0 Å². The molecule has 0 bridgehead atoms. The largest absolute Gasteiger partial charge is 0.394 e. The summed E-state index contributed by atoms with van der Waals surface area (Å²) in [5.74, 6) is 1.16. The van der Waals surface area contributed by atoms with Crippen molar-refractivity contribution in [2.24, 2.45) is 0 Å². The number of benzene rings is 2. The summed E-state index contributed by atoms with van der Waals surface area (Å²) in [4.78, 5) is 48.3. The molecule has 0 saturated carbocycles. The van der Waals surface area contributed by atoms with Crippen molar-refractivity contribution >= 4 is 50.9 Å². The molecular formula is C33H39N9O6S. The van der Waals surface area contributed by atoms with Gasteiger partial charge < -0.3 is 15.5 Å². The van der Waals surface area contributed by atoms with Crippen molar-refractivity contribution in [2.45, 2.75) is 51.2 Å². The molecule has 2 aliphatic heterocycles. The van der Waals surface area contributed by atoms with Crippen LogP contribution < -0.4 is 24.9 Å². The number of rotatable bonds is 7. The molecule has 0 aliphatic carbocycles. The van der Waals surface area contributed by atoms with E-state index in [1.54, 1.807) is 37.0 Å². The molecule has 4 heterocycles. The van der Waals surface area contributed by atoms with Crippen LogP contribution in [-0.4, -0.2) is 89.7 Å². The number of aryl methyl sites for hydroxylation is 2. The molecule has 49 heavy (non-hydrogen) atoms. The SMILES string of the molecule is Cc1ccccc1N1Cc2cnc(N[C@H](C)[C@@H](O)CO)nc2N(C)C1=O.Cc1ccccc1N1Cc2cnc(S(C)(=O)=O)nc2N(C)C1=O. The van der Waals surface area contributed by atoms with Crippen LogP contribution in [0.4, 0.5) is 38.5 Å². The second kappa shape index (κ2) is 14.1. The average Bonchev–Trinajstić information content (AvgIpc) is 3.08. The normalized spacial score (nSPS) is 15.6. The first-order chi connectivity index (χ1) is 23.2. The minimum Gasteiger partial charge on any atom is -0.394 e. The summed E-state index contributed by atoms with van der Waals surface area (Å²) in [7, 11) is -0.274. The first-order valence-corrected chi connectivity index (χ1v) is 17.3. The molecule has 6 rings (SSSR count). The number of carbonyl (C=O) groups is 2. The Morgan fingerprint density at radius 2 is 1.29 bits per heavy atom. The topological polar surface area (TPSA) is 185 Å². The highest BCUT2D eigenvalue weighted by molar-refractivity contribution is 7.90. The molecular weight excluding hydrogens is 650 g/mol. The van der Waals surface area contributed by atoms with Crippen LogP contribution in [0.3, 0.4) is 0 Å². The first kappa shape index (κ1) is 35.1. The van der Waals surface area contributed by atoms with Gasteiger partial charge in [0.15, 0.2) is 0 Å². The number of amides is 4. The molecule has 4 aromatic rings. The number of anilines is 5. The lowest BCUT2D eigenvalue weighted by molar-refractivity contribution is 0.0837. The molecule has 258 valence electrons. The number of sulfone groups is 1. The second-order valence-corrected chi connectivity index (χ2v) is 13.8. The van der Waals surface area contributed by atoms with Crippen LogP contribution >= 0.6 is 0 Å². The van der Waals surface area contributed by atoms with Gasteiger partial charge in [-0.1, -0.05) is 36.4 Å². The zero-order valence-electron chi connectivity index (χ0n) is 28.1. The highest BCUT2D eigenvalue weighted by Crippen LogP contribution is 2.32. The summed E-state index contributed by atoms with van der Waals surface area (Å²) in [6, 6.07) is 14.5. The standard InChI is InChI=1S/C18H23N5O3.C15H16N4O3S/c1-11-6-4-5-7-14(11)23-9-13-8-19-17(20-12(2)15(25)10-24)21-16(13)22(3)18(23)26;1-10-6-4-5-7-12(10)19-9-11-8-16-14(23(3,21)22)17-13(11)18(2)15(19)20/h4-8,12,15,24-25H,9-10H2,1-3H3,(H,19,20,21);4-8H,9H2,1-3H3/t12-,15+;/m1./s1. The minimum absolute atomic E-state index is 0.167. The number of nitrogens with one attached hydrogen (secondary N) is 1. The maximum atomic E-state index is 12.8. The zero-order chi connectivity index (χ0) is 35.6. The monoisotopic (exact) mass is 689 g/mol. The Morgan fingerprint density at radius 1 is 0.816 bits per heavy atom. The molecule has 0 spiro atoms. The fourth-order valence-corrected chi connectivity index (χ4v) is 5.91. The number of hydrogen-bond donors (Lipinski definition) is 3. The van der Waals surface area contributed by atoms with Crippen molar-refractivity contribution in [3.05, 3.63) is 83.2 Å². The smallest absolute Gasteiger partial charge is 0.330 e. The van der Waals surface area contributed by atoms with E-state index in [0.717, 1.165) is 34.3 Å². The third kappa shape index (κ3) is 7.30. The van der Waals surface area contributed by atoms with Crippen molar-refractivity contribution in [1.29, 1.82) is 0 Å². The summed E-state index contributed by atoms with van der Waals surface area (Å²) in [5.41, 5.74) is 5.19. The lowest BCUT2D eigenvalue weighted by Crippen LogP contribution is -2.46. The molecule has 0 fully saturated rings. The number of para-hydroxylation sites is 2. The Hall–Kier alpha value is -5.19. The fraction of sp³-hybridized carbons (Fsp3) is 0.333. The van der Waals surface area contributed by atoms with Gasteiger partial charge in [0.05, 0.1) is 31.8 Å². The highest BCUT2D eigenvalue weighted by atomic mass is 32.2. The molecule has 3 N–H and O–H groups in total. The Kier molecular flexibility index (Phi) is 10.1. The van der Waals surface area contributed by atoms with Crippen LogP contribution in [0.5, 0.6) is 0 Å². The van der Waals surface area contributed by atoms with Gasteiger partial charge in [-0.3, -0.25) is 19.6 Å². The molecule has 0 saturated heterocycles. The fourth-order valence-electron chi connectivity index (χ4n) is 5.42. The predicted octanol–water partition coefficient (Wildman–Crippen LogP) is 3.28. The molecule has 2 aliphatic rings. The van der Waals surface area contributed by atoms with Crippen molar-refractivity contribution in [3.8, 4) is 0 Å². The van der Waals surface area contributed by atoms with Gasteiger partial charge >= 0.3 is 12.1 Å². The third-order valence-corrected chi connectivity index (χ3v) is 9.11. The Bertz CT molecular complexity index is 1990. The Morgan fingerprint density at radius 3 is 1.76 bits per heavy atom. The van der Waals surface area contributed by atoms with Crippen LogP contribution in [-0.2, 0) is 22.9 Å². The van der Waals surface area contributed by atoms with Crippen LogP contribution in [0.15, 0.2) is 66.1 Å². The van der Waals surface area contributed by atoms with E-state index in [1.807, 2.05) is 62.4 Å². The van der Waals surface area contributed by atoms with E-state index >= 15 is 0 Å². The van der Waals surface area contributed by atoms with Gasteiger partial charge in [0.2, 0.25) is 20.9 Å². The maximum Gasteiger partial charge on any atom is 0.330 e. The summed E-state index contributed by atoms with van der Waals surface area (Å²) in [6.07, 6.45) is 3.26.